The van der Waals surface area contributed by atoms with Gasteiger partial charge in [0.05, 0.1) is 5.92 Å². The van der Waals surface area contributed by atoms with E-state index in [-0.39, 0.29) is 24.3 Å². The summed E-state index contributed by atoms with van der Waals surface area (Å²) in [5, 5.41) is 19.6. The minimum atomic E-state index is -0.784. The number of aliphatic carboxylic acids is 1. The van der Waals surface area contributed by atoms with Gasteiger partial charge in [0, 0.05) is 29.8 Å². The smallest absolute Gasteiger partial charge is 0.306 e. The number of thiophene rings is 1. The van der Waals surface area contributed by atoms with Crippen LogP contribution in [0.5, 0.6) is 0 Å². The van der Waals surface area contributed by atoms with E-state index in [9.17, 15) is 9.59 Å². The molecular weight excluding hydrogens is 318 g/mol. The second-order valence-corrected chi connectivity index (χ2v) is 6.42. The second-order valence-electron chi connectivity index (χ2n) is 5.64. The lowest BCUT2D eigenvalue weighted by Gasteiger charge is -2.11. The molecule has 2 atom stereocenters. The Morgan fingerprint density at radius 1 is 1.43 bits per heavy atom. The van der Waals surface area contributed by atoms with E-state index in [1.54, 1.807) is 11.3 Å². The minimum Gasteiger partial charge on any atom is -0.481 e. The van der Waals surface area contributed by atoms with E-state index in [2.05, 4.69) is 15.5 Å². The fourth-order valence-electron chi connectivity index (χ4n) is 2.72. The van der Waals surface area contributed by atoms with Gasteiger partial charge < -0.3 is 14.9 Å². The summed E-state index contributed by atoms with van der Waals surface area (Å²) < 4.78 is 5.14. The van der Waals surface area contributed by atoms with Gasteiger partial charge >= 0.3 is 5.97 Å². The average molecular weight is 335 g/mol. The van der Waals surface area contributed by atoms with E-state index >= 15 is 0 Å². The van der Waals surface area contributed by atoms with E-state index in [0.717, 1.165) is 5.56 Å². The molecule has 7 nitrogen and oxygen atoms in total. The van der Waals surface area contributed by atoms with Crippen LogP contribution in [-0.4, -0.2) is 33.2 Å². The van der Waals surface area contributed by atoms with Gasteiger partial charge in [0.15, 0.2) is 0 Å². The fourth-order valence-corrected chi connectivity index (χ4v) is 3.36. The predicted molar refractivity (Wildman–Crippen MR) is 82.8 cm³/mol. The highest BCUT2D eigenvalue weighted by molar-refractivity contribution is 7.08. The van der Waals surface area contributed by atoms with Crippen LogP contribution in [0.25, 0.3) is 11.4 Å². The first-order valence-corrected chi connectivity index (χ1v) is 8.43. The molecule has 0 radical (unpaired) electrons. The van der Waals surface area contributed by atoms with Crippen LogP contribution in [0.4, 0.5) is 0 Å². The quantitative estimate of drug-likeness (QED) is 0.837. The van der Waals surface area contributed by atoms with Crippen LogP contribution in [0, 0.1) is 5.92 Å². The van der Waals surface area contributed by atoms with Gasteiger partial charge in [-0.15, -0.1) is 0 Å². The maximum Gasteiger partial charge on any atom is 0.306 e. The molecular formula is C15H17N3O4S. The van der Waals surface area contributed by atoms with Crippen molar-refractivity contribution in [3.8, 4) is 11.4 Å². The SMILES string of the molecule is O=C(CCc1nc(-c2ccsc2)no1)N[C@@H]1CC[C@H](C(=O)O)C1. The molecule has 23 heavy (non-hydrogen) atoms. The summed E-state index contributed by atoms with van der Waals surface area (Å²) in [4.78, 5) is 27.1. The summed E-state index contributed by atoms with van der Waals surface area (Å²) >= 11 is 1.55. The first-order chi connectivity index (χ1) is 11.1. The molecule has 0 saturated heterocycles. The van der Waals surface area contributed by atoms with E-state index in [0.29, 0.717) is 37.4 Å². The Morgan fingerprint density at radius 3 is 3.00 bits per heavy atom. The number of aromatic nitrogens is 2. The van der Waals surface area contributed by atoms with Gasteiger partial charge in [-0.2, -0.15) is 16.3 Å². The number of nitrogens with one attached hydrogen (secondary N) is 1. The van der Waals surface area contributed by atoms with Crippen molar-refractivity contribution in [2.24, 2.45) is 5.92 Å². The van der Waals surface area contributed by atoms with E-state index < -0.39 is 5.97 Å². The molecule has 1 saturated carbocycles. The lowest BCUT2D eigenvalue weighted by molar-refractivity contribution is -0.141. The number of carboxylic acids is 1. The molecule has 2 heterocycles. The molecule has 8 heteroatoms. The normalized spacial score (nSPS) is 20.5. The number of amides is 1. The van der Waals surface area contributed by atoms with E-state index in [4.69, 9.17) is 9.63 Å². The Morgan fingerprint density at radius 2 is 2.30 bits per heavy atom. The third-order valence-corrected chi connectivity index (χ3v) is 4.64. The lowest BCUT2D eigenvalue weighted by Crippen LogP contribution is -2.33. The molecule has 0 unspecified atom stereocenters. The van der Waals surface area contributed by atoms with Crippen molar-refractivity contribution in [2.75, 3.05) is 0 Å². The molecule has 0 aromatic carbocycles. The van der Waals surface area contributed by atoms with Gasteiger partial charge in [-0.05, 0) is 30.7 Å². The molecule has 0 aliphatic heterocycles. The van der Waals surface area contributed by atoms with Crippen molar-refractivity contribution in [2.45, 2.75) is 38.1 Å². The zero-order valence-corrected chi connectivity index (χ0v) is 13.2. The Kier molecular flexibility index (Phi) is 4.71. The van der Waals surface area contributed by atoms with Crippen molar-refractivity contribution in [1.29, 1.82) is 0 Å². The van der Waals surface area contributed by atoms with E-state index in [1.165, 1.54) is 0 Å². The van der Waals surface area contributed by atoms with Crippen LogP contribution in [0.2, 0.25) is 0 Å². The van der Waals surface area contributed by atoms with Crippen LogP contribution >= 0.6 is 11.3 Å². The first kappa shape index (κ1) is 15.7. The molecule has 2 N–H and O–H groups in total. The maximum atomic E-state index is 11.9. The number of hydrogen-bond acceptors (Lipinski definition) is 6. The number of nitrogens with zero attached hydrogens (tertiary/aromatic N) is 2. The molecule has 3 rings (SSSR count). The van der Waals surface area contributed by atoms with Crippen LogP contribution in [0.1, 0.15) is 31.6 Å². The zero-order valence-electron chi connectivity index (χ0n) is 12.4. The van der Waals surface area contributed by atoms with Crippen molar-refractivity contribution in [3.63, 3.8) is 0 Å². The van der Waals surface area contributed by atoms with Gasteiger partial charge in [0.25, 0.3) is 0 Å². The molecule has 1 amide bonds. The summed E-state index contributed by atoms with van der Waals surface area (Å²) in [5.74, 6) is -0.285. The predicted octanol–water partition coefficient (Wildman–Crippen LogP) is 2.10. The monoisotopic (exact) mass is 335 g/mol. The summed E-state index contributed by atoms with van der Waals surface area (Å²) in [5.41, 5.74) is 0.903. The molecule has 1 aliphatic rings. The Hall–Kier alpha value is -2.22. The van der Waals surface area contributed by atoms with Crippen LogP contribution < -0.4 is 5.32 Å². The lowest BCUT2D eigenvalue weighted by atomic mass is 10.1. The van der Waals surface area contributed by atoms with Gasteiger partial charge in [-0.1, -0.05) is 5.16 Å². The van der Waals surface area contributed by atoms with Crippen LogP contribution in [0.3, 0.4) is 0 Å². The third kappa shape index (κ3) is 3.95. The fraction of sp³-hybridized carbons (Fsp3) is 0.467. The molecule has 2 aromatic heterocycles. The summed E-state index contributed by atoms with van der Waals surface area (Å²) in [7, 11) is 0. The number of carbonyl (C=O) groups is 2. The largest absolute Gasteiger partial charge is 0.481 e. The standard InChI is InChI=1S/C15H17N3O4S/c19-12(16-11-2-1-9(7-11)15(20)21)3-4-13-17-14(18-22-13)10-5-6-23-8-10/h5-6,8-9,11H,1-4,7H2,(H,16,19)(H,20,21)/t9-,11+/m0/s1. The van der Waals surface area contributed by atoms with Crippen molar-refractivity contribution in [1.82, 2.24) is 15.5 Å². The maximum absolute atomic E-state index is 11.9. The highest BCUT2D eigenvalue weighted by atomic mass is 32.1. The molecule has 122 valence electrons. The first-order valence-electron chi connectivity index (χ1n) is 7.49. The Labute approximate surface area is 136 Å². The van der Waals surface area contributed by atoms with Crippen LogP contribution in [0.15, 0.2) is 21.3 Å². The van der Waals surface area contributed by atoms with Gasteiger partial charge in [-0.25, -0.2) is 0 Å². The van der Waals surface area contributed by atoms with Crippen molar-refractivity contribution < 1.29 is 19.2 Å². The summed E-state index contributed by atoms with van der Waals surface area (Å²) in [6.07, 6.45) is 2.46. The summed E-state index contributed by atoms with van der Waals surface area (Å²) in [6.45, 7) is 0. The number of hydrogen-bond donors (Lipinski definition) is 2. The topological polar surface area (TPSA) is 105 Å². The number of carboxylic acid groups (broad SMARTS) is 1. The number of rotatable bonds is 6. The van der Waals surface area contributed by atoms with Gasteiger partial charge in [-0.3, -0.25) is 9.59 Å². The molecule has 1 aliphatic carbocycles. The Bertz CT molecular complexity index is 683. The summed E-state index contributed by atoms with van der Waals surface area (Å²) in [6, 6.07) is 1.86. The van der Waals surface area contributed by atoms with Gasteiger partial charge in [0.2, 0.25) is 17.6 Å². The van der Waals surface area contributed by atoms with Crippen LogP contribution in [-0.2, 0) is 16.0 Å². The molecule has 1 fully saturated rings. The number of aryl methyl sites for hydroxylation is 1. The third-order valence-electron chi connectivity index (χ3n) is 3.96. The zero-order chi connectivity index (χ0) is 16.2. The average Bonchev–Trinajstić information content (AvgIpc) is 3.25. The highest BCUT2D eigenvalue weighted by Crippen LogP contribution is 2.25. The highest BCUT2D eigenvalue weighted by Gasteiger charge is 2.30. The van der Waals surface area contributed by atoms with E-state index in [1.807, 2.05) is 16.8 Å². The van der Waals surface area contributed by atoms with Gasteiger partial charge in [0.1, 0.15) is 0 Å². The van der Waals surface area contributed by atoms with Crippen molar-refractivity contribution in [3.05, 3.63) is 22.7 Å². The molecule has 0 spiro atoms. The second kappa shape index (κ2) is 6.91. The molecule has 2 aromatic rings. The number of carbonyl (C=O) groups excluding carboxylic acids is 1. The minimum absolute atomic E-state index is 0.0485. The molecule has 0 bridgehead atoms. The Balaban J connectivity index is 1.45. The van der Waals surface area contributed by atoms with Crippen molar-refractivity contribution >= 4 is 23.2 Å².